The highest BCUT2D eigenvalue weighted by Crippen LogP contribution is 2.20. The van der Waals surface area contributed by atoms with E-state index in [2.05, 4.69) is 6.92 Å². The van der Waals surface area contributed by atoms with Crippen molar-refractivity contribution in [2.75, 3.05) is 19.0 Å². The summed E-state index contributed by atoms with van der Waals surface area (Å²) in [4.78, 5) is 1.17. The van der Waals surface area contributed by atoms with E-state index >= 15 is 0 Å². The molecule has 0 aliphatic carbocycles. The lowest BCUT2D eigenvalue weighted by molar-refractivity contribution is 0.151. The number of rotatable bonds is 6. The van der Waals surface area contributed by atoms with Crippen LogP contribution in [0.25, 0.3) is 0 Å². The molecule has 0 radical (unpaired) electrons. The van der Waals surface area contributed by atoms with E-state index in [-0.39, 0.29) is 0 Å². The summed E-state index contributed by atoms with van der Waals surface area (Å²) < 4.78 is 5.36. The Morgan fingerprint density at radius 1 is 1.21 bits per heavy atom. The Morgan fingerprint density at radius 3 is 2.57 bits per heavy atom. The normalized spacial score (nSPS) is 10.4. The van der Waals surface area contributed by atoms with Crippen molar-refractivity contribution >= 4 is 11.8 Å². The molecule has 0 atom stereocenters. The lowest BCUT2D eigenvalue weighted by Crippen LogP contribution is -1.97. The van der Waals surface area contributed by atoms with Gasteiger partial charge in [0.05, 0.1) is 6.61 Å². The molecule has 1 aromatic carbocycles. The van der Waals surface area contributed by atoms with Gasteiger partial charge in [0, 0.05) is 17.3 Å². The predicted octanol–water partition coefficient (Wildman–Crippen LogP) is 2.91. The van der Waals surface area contributed by atoms with Crippen LogP contribution in [-0.2, 0) is 4.74 Å². The number of hydrogen-bond acceptors (Lipinski definition) is 3. The third-order valence-corrected chi connectivity index (χ3v) is 2.66. The number of benzene rings is 1. The van der Waals surface area contributed by atoms with Crippen LogP contribution in [0.15, 0.2) is 29.2 Å². The first-order valence-corrected chi connectivity index (χ1v) is 5.81. The average Bonchev–Trinajstić information content (AvgIpc) is 2.21. The zero-order valence-electron chi connectivity index (χ0n) is 8.40. The van der Waals surface area contributed by atoms with Crippen molar-refractivity contribution in [1.82, 2.24) is 0 Å². The van der Waals surface area contributed by atoms with Crippen molar-refractivity contribution in [2.24, 2.45) is 0 Å². The molecule has 0 fully saturated rings. The first-order valence-electron chi connectivity index (χ1n) is 4.82. The van der Waals surface area contributed by atoms with Gasteiger partial charge in [-0.1, -0.05) is 6.92 Å². The van der Waals surface area contributed by atoms with Crippen LogP contribution in [0, 0.1) is 0 Å². The number of phenols is 1. The zero-order valence-corrected chi connectivity index (χ0v) is 9.22. The van der Waals surface area contributed by atoms with Gasteiger partial charge < -0.3 is 9.84 Å². The van der Waals surface area contributed by atoms with Crippen LogP contribution in [0.2, 0.25) is 0 Å². The van der Waals surface area contributed by atoms with E-state index in [1.807, 2.05) is 12.1 Å². The SMILES string of the molecule is CCCOCCSc1ccc(O)cc1. The summed E-state index contributed by atoms with van der Waals surface area (Å²) in [5.41, 5.74) is 0. The molecule has 3 heteroatoms. The summed E-state index contributed by atoms with van der Waals surface area (Å²) in [5.74, 6) is 1.28. The molecule has 0 heterocycles. The van der Waals surface area contributed by atoms with Gasteiger partial charge >= 0.3 is 0 Å². The molecule has 78 valence electrons. The van der Waals surface area contributed by atoms with Crippen LogP contribution >= 0.6 is 11.8 Å². The van der Waals surface area contributed by atoms with E-state index in [0.29, 0.717) is 5.75 Å². The molecule has 1 aromatic rings. The van der Waals surface area contributed by atoms with Gasteiger partial charge in [-0.2, -0.15) is 0 Å². The molecule has 0 unspecified atom stereocenters. The second-order valence-electron chi connectivity index (χ2n) is 2.95. The Labute approximate surface area is 89.3 Å². The molecule has 0 aromatic heterocycles. The fraction of sp³-hybridized carbons (Fsp3) is 0.455. The Balaban J connectivity index is 2.15. The summed E-state index contributed by atoms with van der Waals surface area (Å²) in [6.45, 7) is 3.74. The van der Waals surface area contributed by atoms with E-state index < -0.39 is 0 Å². The Morgan fingerprint density at radius 2 is 1.93 bits per heavy atom. The Hall–Kier alpha value is -0.670. The Kier molecular flexibility index (Phi) is 5.49. The highest BCUT2D eigenvalue weighted by molar-refractivity contribution is 7.99. The van der Waals surface area contributed by atoms with Crippen molar-refractivity contribution < 1.29 is 9.84 Å². The topological polar surface area (TPSA) is 29.5 Å². The summed E-state index contributed by atoms with van der Waals surface area (Å²) in [6, 6.07) is 7.24. The van der Waals surface area contributed by atoms with E-state index in [9.17, 15) is 0 Å². The van der Waals surface area contributed by atoms with Crippen molar-refractivity contribution in [1.29, 1.82) is 0 Å². The molecule has 1 N–H and O–H groups in total. The largest absolute Gasteiger partial charge is 0.508 e. The van der Waals surface area contributed by atoms with Crippen LogP contribution in [0.3, 0.4) is 0 Å². The van der Waals surface area contributed by atoms with Crippen LogP contribution in [-0.4, -0.2) is 24.1 Å². The van der Waals surface area contributed by atoms with Gasteiger partial charge in [0.15, 0.2) is 0 Å². The lowest BCUT2D eigenvalue weighted by atomic mass is 10.3. The van der Waals surface area contributed by atoms with Crippen LogP contribution < -0.4 is 0 Å². The summed E-state index contributed by atoms with van der Waals surface area (Å²) in [6.07, 6.45) is 1.07. The standard InChI is InChI=1S/C11H16O2S/c1-2-7-13-8-9-14-11-5-3-10(12)4-6-11/h3-6,12H,2,7-9H2,1H3. The van der Waals surface area contributed by atoms with Gasteiger partial charge in [-0.3, -0.25) is 0 Å². The van der Waals surface area contributed by atoms with E-state index in [1.165, 1.54) is 4.90 Å². The summed E-state index contributed by atoms with van der Waals surface area (Å²) >= 11 is 1.74. The van der Waals surface area contributed by atoms with Gasteiger partial charge in [0.25, 0.3) is 0 Å². The smallest absolute Gasteiger partial charge is 0.115 e. The molecule has 1 rings (SSSR count). The quantitative estimate of drug-likeness (QED) is 0.581. The highest BCUT2D eigenvalue weighted by Gasteiger charge is 1.94. The molecule has 2 nitrogen and oxygen atoms in total. The van der Waals surface area contributed by atoms with Crippen LogP contribution in [0.1, 0.15) is 13.3 Å². The second kappa shape index (κ2) is 6.74. The Bertz CT molecular complexity index is 246. The maximum atomic E-state index is 9.06. The number of hydrogen-bond donors (Lipinski definition) is 1. The van der Waals surface area contributed by atoms with Gasteiger partial charge in [-0.25, -0.2) is 0 Å². The average molecular weight is 212 g/mol. The fourth-order valence-electron chi connectivity index (χ4n) is 1.01. The first-order chi connectivity index (χ1) is 6.83. The third kappa shape index (κ3) is 4.53. The number of aromatic hydroxyl groups is 1. The van der Waals surface area contributed by atoms with Crippen LogP contribution in [0.5, 0.6) is 5.75 Å². The van der Waals surface area contributed by atoms with E-state index in [1.54, 1.807) is 23.9 Å². The molecule has 0 saturated carbocycles. The summed E-state index contributed by atoms with van der Waals surface area (Å²) in [7, 11) is 0. The molecule has 0 bridgehead atoms. The van der Waals surface area contributed by atoms with Crippen molar-refractivity contribution in [3.63, 3.8) is 0 Å². The van der Waals surface area contributed by atoms with Crippen molar-refractivity contribution in [2.45, 2.75) is 18.2 Å². The lowest BCUT2D eigenvalue weighted by Gasteiger charge is -2.02. The van der Waals surface area contributed by atoms with Gasteiger partial charge in [0.2, 0.25) is 0 Å². The molecule has 0 aliphatic rings. The van der Waals surface area contributed by atoms with Gasteiger partial charge in [0.1, 0.15) is 5.75 Å². The molecular formula is C11H16O2S. The van der Waals surface area contributed by atoms with Crippen LogP contribution in [0.4, 0.5) is 0 Å². The number of phenolic OH excluding ortho intramolecular Hbond substituents is 1. The third-order valence-electron chi connectivity index (χ3n) is 1.68. The van der Waals surface area contributed by atoms with E-state index in [4.69, 9.17) is 9.84 Å². The summed E-state index contributed by atoms with van der Waals surface area (Å²) in [5, 5.41) is 9.06. The van der Waals surface area contributed by atoms with Gasteiger partial charge in [-0.05, 0) is 30.7 Å². The predicted molar refractivity (Wildman–Crippen MR) is 59.9 cm³/mol. The molecule has 0 saturated heterocycles. The first kappa shape index (κ1) is 11.4. The molecule has 14 heavy (non-hydrogen) atoms. The maximum absolute atomic E-state index is 9.06. The minimum absolute atomic E-state index is 0.316. The molecular weight excluding hydrogens is 196 g/mol. The zero-order chi connectivity index (χ0) is 10.2. The second-order valence-corrected chi connectivity index (χ2v) is 4.12. The number of ether oxygens (including phenoxy) is 1. The molecule has 0 spiro atoms. The monoisotopic (exact) mass is 212 g/mol. The molecule has 0 aliphatic heterocycles. The number of thioether (sulfide) groups is 1. The maximum Gasteiger partial charge on any atom is 0.115 e. The molecule has 0 amide bonds. The highest BCUT2D eigenvalue weighted by atomic mass is 32.2. The van der Waals surface area contributed by atoms with Crippen molar-refractivity contribution in [3.05, 3.63) is 24.3 Å². The van der Waals surface area contributed by atoms with Crippen molar-refractivity contribution in [3.8, 4) is 5.75 Å². The van der Waals surface area contributed by atoms with E-state index in [0.717, 1.165) is 25.4 Å². The minimum Gasteiger partial charge on any atom is -0.508 e. The van der Waals surface area contributed by atoms with Gasteiger partial charge in [-0.15, -0.1) is 11.8 Å². The fourth-order valence-corrected chi connectivity index (χ4v) is 1.77. The minimum atomic E-state index is 0.316.